The van der Waals surface area contributed by atoms with Gasteiger partial charge in [-0.1, -0.05) is 0 Å². The summed E-state index contributed by atoms with van der Waals surface area (Å²) in [4.78, 5) is 0. The van der Waals surface area contributed by atoms with Crippen molar-refractivity contribution >= 4 is 0 Å². The van der Waals surface area contributed by atoms with E-state index in [1.807, 2.05) is 0 Å². The topological polar surface area (TPSA) is 123 Å². The molecule has 0 rings (SSSR count). The molecule has 0 unspecified atom stereocenters. The average Bonchev–Trinajstić information content (AvgIpc) is 1.00. The van der Waals surface area contributed by atoms with Crippen molar-refractivity contribution in [3.05, 3.63) is 0 Å². The molecule has 0 radical (unpaired) electrons. The molecule has 0 aromatic carbocycles. The molecule has 4 nitrogen and oxygen atoms in total. The normalized spacial score (nSPS) is 0.750. The molecule has 0 bridgehead atoms. The van der Waals surface area contributed by atoms with Crippen molar-refractivity contribution in [2.24, 2.45) is 0 Å². The van der Waals surface area contributed by atoms with Gasteiger partial charge in [-0.3, -0.25) is 0 Å². The van der Waals surface area contributed by atoms with Crippen molar-refractivity contribution in [1.29, 1.82) is 0 Å². The Hall–Kier alpha value is 1.11. The Labute approximate surface area is 76.0 Å². The van der Waals surface area contributed by atoms with E-state index in [1.165, 1.54) is 0 Å². The maximum Gasteiger partial charge on any atom is 4.00 e. The fourth-order valence-electron chi connectivity index (χ4n) is 0. The molecule has 0 aromatic heterocycles. The molecule has 0 saturated heterocycles. The first kappa shape index (κ1) is 135. The Bertz CT molecular complexity index is 18.0. The maximum atomic E-state index is 8.25. The molecular weight excluding hydrogens is 338 g/mol. The first-order valence-corrected chi connectivity index (χ1v) is 0.408. The largest absolute Gasteiger partial charge is 4.00 e. The molecule has 0 aliphatic carbocycles. The van der Waals surface area contributed by atoms with E-state index in [9.17, 15) is 0 Å². The molecule has 60 valence electrons. The van der Waals surface area contributed by atoms with E-state index in [0.29, 0.717) is 0 Å². The molecule has 0 heterocycles. The van der Waals surface area contributed by atoms with Crippen LogP contribution in [0.25, 0.3) is 0 Å². The second-order valence-electron chi connectivity index (χ2n) is 0. The van der Waals surface area contributed by atoms with Crippen LogP contribution in [0.5, 0.6) is 0 Å². The standard InChI is InChI=1S/CH3O.2ClH.2H3N.H2O.Pt/c1-2;;;;;;/h1H3;2*1H;2*1H3;1H2;/q-1;;;;;;+4/p-3. The summed E-state index contributed by atoms with van der Waals surface area (Å²) in [6.07, 6.45) is 0. The van der Waals surface area contributed by atoms with Gasteiger partial charge >= 0.3 is 21.1 Å². The predicted octanol–water partition coefficient (Wildman–Crippen LogP) is -6.87. The molecule has 0 atom stereocenters. The van der Waals surface area contributed by atoms with E-state index in [2.05, 4.69) is 0 Å². The summed E-state index contributed by atoms with van der Waals surface area (Å²) in [7, 11) is 0.750. The fraction of sp³-hybridized carbons (Fsp3) is 1.00. The van der Waals surface area contributed by atoms with Gasteiger partial charge in [-0.25, -0.2) is 0 Å². The Morgan fingerprint density at radius 1 is 0.875 bits per heavy atom. The minimum atomic E-state index is 0. The molecule has 0 amide bonds. The zero-order valence-electron chi connectivity index (χ0n) is 4.34. The molecule has 0 aliphatic rings. The van der Waals surface area contributed by atoms with Crippen LogP contribution in [0, 0.1) is 0 Å². The van der Waals surface area contributed by atoms with E-state index in [0.717, 1.165) is 7.11 Å². The summed E-state index contributed by atoms with van der Waals surface area (Å²) in [5.41, 5.74) is 0. The molecule has 8 heavy (non-hydrogen) atoms. The molecule has 0 saturated carbocycles. The third-order valence-electron chi connectivity index (χ3n) is 0. The SMILES string of the molecule is C[O-].N.N.[Cl-].[Cl-].[OH-].[Pt+4]. The summed E-state index contributed by atoms with van der Waals surface area (Å²) in [5, 5.41) is 8.25. The average molecular weight is 348 g/mol. The first-order chi connectivity index (χ1) is 1.00. The van der Waals surface area contributed by atoms with Crippen LogP contribution in [-0.2, 0) is 21.1 Å². The third kappa shape index (κ3) is 216. The van der Waals surface area contributed by atoms with Gasteiger partial charge in [0.2, 0.25) is 0 Å². The molecule has 0 spiro atoms. The van der Waals surface area contributed by atoms with Crippen LogP contribution < -0.4 is 42.2 Å². The second-order valence-corrected chi connectivity index (χ2v) is 0. The second kappa shape index (κ2) is 334. The van der Waals surface area contributed by atoms with E-state index in [-0.39, 0.29) is 63.7 Å². The summed E-state index contributed by atoms with van der Waals surface area (Å²) < 4.78 is 0. The minimum Gasteiger partial charge on any atom is -1.00 e. The van der Waals surface area contributed by atoms with Gasteiger partial charge in [0.25, 0.3) is 0 Å². The Morgan fingerprint density at radius 3 is 0.875 bits per heavy atom. The number of rotatable bonds is 0. The summed E-state index contributed by atoms with van der Waals surface area (Å²) in [6.45, 7) is 0. The van der Waals surface area contributed by atoms with Crippen LogP contribution in [-0.4, -0.2) is 12.6 Å². The van der Waals surface area contributed by atoms with E-state index >= 15 is 0 Å². The maximum absolute atomic E-state index is 8.25. The molecule has 0 fully saturated rings. The van der Waals surface area contributed by atoms with Gasteiger partial charge in [-0.15, -0.1) is 0 Å². The van der Waals surface area contributed by atoms with Crippen molar-refractivity contribution in [2.45, 2.75) is 0 Å². The molecule has 7 N–H and O–H groups in total. The van der Waals surface area contributed by atoms with Gasteiger partial charge in [-0.2, -0.15) is 7.11 Å². The molecular formula is CH10Cl2N2O2Pt. The minimum absolute atomic E-state index is 0. The van der Waals surface area contributed by atoms with Gasteiger partial charge in [-0.05, 0) is 0 Å². The van der Waals surface area contributed by atoms with Gasteiger partial charge < -0.3 is 47.7 Å². The third-order valence-corrected chi connectivity index (χ3v) is 0. The van der Waals surface area contributed by atoms with Crippen molar-refractivity contribution in [1.82, 2.24) is 12.3 Å². The Balaban J connectivity index is -0.000000000333. The summed E-state index contributed by atoms with van der Waals surface area (Å²) >= 11 is 0. The van der Waals surface area contributed by atoms with Crippen molar-refractivity contribution in [3.63, 3.8) is 0 Å². The molecule has 0 aliphatic heterocycles. The molecule has 0 aromatic rings. The van der Waals surface area contributed by atoms with E-state index in [4.69, 9.17) is 5.11 Å². The van der Waals surface area contributed by atoms with Crippen molar-refractivity contribution < 1.29 is 56.5 Å². The zero-order valence-corrected chi connectivity index (χ0v) is 8.13. The van der Waals surface area contributed by atoms with Crippen LogP contribution in [0.4, 0.5) is 0 Å². The number of hydrogen-bond acceptors (Lipinski definition) is 4. The number of hydrogen-bond donors (Lipinski definition) is 2. The van der Waals surface area contributed by atoms with Crippen LogP contribution in [0.2, 0.25) is 0 Å². The van der Waals surface area contributed by atoms with Gasteiger partial charge in [0.15, 0.2) is 0 Å². The van der Waals surface area contributed by atoms with Gasteiger partial charge in [0, 0.05) is 0 Å². The Kier molecular flexibility index (Phi) is 5620. The van der Waals surface area contributed by atoms with Crippen molar-refractivity contribution in [3.8, 4) is 0 Å². The summed E-state index contributed by atoms with van der Waals surface area (Å²) in [6, 6.07) is 0. The monoisotopic (exact) mass is 347 g/mol. The van der Waals surface area contributed by atoms with Gasteiger partial charge in [0.05, 0.1) is 0 Å². The van der Waals surface area contributed by atoms with Crippen LogP contribution in [0.15, 0.2) is 0 Å². The predicted molar refractivity (Wildman–Crippen MR) is 17.9 cm³/mol. The summed E-state index contributed by atoms with van der Waals surface area (Å²) in [5.74, 6) is 0. The zero-order chi connectivity index (χ0) is 2.00. The van der Waals surface area contributed by atoms with Gasteiger partial charge in [0.1, 0.15) is 0 Å². The van der Waals surface area contributed by atoms with E-state index in [1.54, 1.807) is 0 Å². The van der Waals surface area contributed by atoms with Crippen LogP contribution in [0.1, 0.15) is 0 Å². The smallest absolute Gasteiger partial charge is 1.00 e. The Morgan fingerprint density at radius 2 is 0.875 bits per heavy atom. The first-order valence-electron chi connectivity index (χ1n) is 0.408. The quantitative estimate of drug-likeness (QED) is 0.452. The fourth-order valence-corrected chi connectivity index (χ4v) is 0. The van der Waals surface area contributed by atoms with E-state index < -0.39 is 0 Å². The van der Waals surface area contributed by atoms with Crippen LogP contribution in [0.3, 0.4) is 0 Å². The number of halogens is 2. The van der Waals surface area contributed by atoms with Crippen LogP contribution >= 0.6 is 0 Å². The molecule has 7 heteroatoms. The van der Waals surface area contributed by atoms with Crippen molar-refractivity contribution in [2.75, 3.05) is 7.11 Å².